The van der Waals surface area contributed by atoms with Gasteiger partial charge >= 0.3 is 101 Å². The Hall–Kier alpha value is 0.516. The third kappa shape index (κ3) is 0.110. The number of halogens is 6. The molecule has 4 atom stereocenters. The molecule has 10 fully saturated rings. The van der Waals surface area contributed by atoms with E-state index in [1.54, 1.807) is 0 Å². The summed E-state index contributed by atoms with van der Waals surface area (Å²) in [5, 5.41) is 0. The molecule has 0 saturated carbocycles. The molecule has 0 aliphatic carbocycles. The molecule has 0 amide bonds. The summed E-state index contributed by atoms with van der Waals surface area (Å²) >= 11 is 0. The van der Waals surface area contributed by atoms with Crippen LogP contribution in [-0.4, -0.2) is 0 Å². The van der Waals surface area contributed by atoms with Crippen molar-refractivity contribution in [2.75, 3.05) is 0 Å². The standard InChI is InChI=1S/C7H9.C5H5.Co.F6P/c1-6-4-3-5-7(6)2;1-2-4-5-3-1;;1-7(2,3,4,5)6/h3-5H,1-2H3;1-5H;;/q;;;-1. The summed E-state index contributed by atoms with van der Waals surface area (Å²) in [6.07, 6.45) is -2.53. The summed E-state index contributed by atoms with van der Waals surface area (Å²) in [4.78, 5) is 12.1. The molecule has 0 aromatic heterocycles. The number of fused-ring (bicyclic) bond motifs is 10. The molecule has 10 heterocycles. The number of hydrogen-bond donors (Lipinski definition) is 0. The van der Waals surface area contributed by atoms with Crippen LogP contribution in [0.15, 0.2) is 0 Å². The Bertz CT molecular complexity index is 1020. The summed E-state index contributed by atoms with van der Waals surface area (Å²) in [6, 6.07) is 0. The first-order chi connectivity index (χ1) is 8.39. The minimum atomic E-state index is -10.7. The Labute approximate surface area is 101 Å². The number of rotatable bonds is 0. The maximum atomic E-state index is 9.87. The van der Waals surface area contributed by atoms with E-state index in [2.05, 4.69) is 13.8 Å². The zero-order valence-electron chi connectivity index (χ0n) is 10.7. The van der Waals surface area contributed by atoms with Gasteiger partial charge in [0.25, 0.3) is 0 Å². The average Bonchev–Trinajstić information content (AvgIpc) is 3.11. The fourth-order valence-electron chi connectivity index (χ4n) is 17.6. The van der Waals surface area contributed by atoms with Crippen LogP contribution in [-0.2, 0) is 6.37 Å². The van der Waals surface area contributed by atoms with Crippen molar-refractivity contribution >= 4 is 7.81 Å². The first kappa shape index (κ1) is 9.61. The third-order valence-electron chi connectivity index (χ3n) is 15.6. The van der Waals surface area contributed by atoms with Gasteiger partial charge in [-0.05, 0) is 0 Å². The monoisotopic (exact) mass is 362 g/mol. The van der Waals surface area contributed by atoms with Crippen LogP contribution in [0.4, 0.5) is 25.2 Å². The van der Waals surface area contributed by atoms with Crippen LogP contribution in [0.5, 0.6) is 0 Å². The SMILES string of the molecule is C[C]12[CH]3[CH]4[CH]5[C]1(C)[Co]43521678[CH]2[CH]1[CH]6[CH]7[CH]28.F[P-](F)(F)(F)(F)F. The summed E-state index contributed by atoms with van der Waals surface area (Å²) in [7, 11) is -10.7. The molecule has 0 aromatic carbocycles. The van der Waals surface area contributed by atoms with Gasteiger partial charge in [0.2, 0.25) is 0 Å². The van der Waals surface area contributed by atoms with Gasteiger partial charge in [0.05, 0.1) is 0 Å². The second kappa shape index (κ2) is 0.718. The van der Waals surface area contributed by atoms with E-state index in [0.717, 1.165) is 8.70 Å². The molecular formula is C12H14CoF6P-. The van der Waals surface area contributed by atoms with Crippen LogP contribution in [0.1, 0.15) is 13.8 Å². The summed E-state index contributed by atoms with van der Waals surface area (Å²) in [5.74, 6) is 0. The van der Waals surface area contributed by atoms with E-state index in [4.69, 9.17) is 0 Å². The van der Waals surface area contributed by atoms with Crippen molar-refractivity contribution in [3.63, 3.8) is 0 Å². The van der Waals surface area contributed by atoms with Crippen molar-refractivity contribution in [1.29, 1.82) is 0 Å². The van der Waals surface area contributed by atoms with Gasteiger partial charge < -0.3 is 0 Å². The quantitative estimate of drug-likeness (QED) is 0.308. The molecule has 20 heavy (non-hydrogen) atoms. The molecule has 0 aromatic rings. The van der Waals surface area contributed by atoms with Gasteiger partial charge in [0.15, 0.2) is 0 Å². The Balaban J connectivity index is 0.000000101. The fraction of sp³-hybridized carbons (Fsp3) is 1.00. The van der Waals surface area contributed by atoms with Gasteiger partial charge in [0, 0.05) is 0 Å². The topological polar surface area (TPSA) is 0 Å². The van der Waals surface area contributed by atoms with Crippen LogP contribution < -0.4 is 0 Å². The first-order valence-corrected chi connectivity index (χ1v) is 14.9. The normalized spacial score (nSPS) is 111. The molecular weight excluding hydrogens is 348 g/mol. The third-order valence-corrected chi connectivity index (χ3v) is 58.6. The van der Waals surface area contributed by atoms with Crippen molar-refractivity contribution in [3.8, 4) is 0 Å². The first-order valence-electron chi connectivity index (χ1n) is 7.05. The van der Waals surface area contributed by atoms with Gasteiger partial charge in [0.1, 0.15) is 0 Å². The Morgan fingerprint density at radius 2 is 0.900 bits per heavy atom. The molecule has 0 bridgehead atoms. The van der Waals surface area contributed by atoms with Gasteiger partial charge in [-0.25, -0.2) is 0 Å². The van der Waals surface area contributed by atoms with Crippen molar-refractivity contribution in [3.05, 3.63) is 0 Å². The average molecular weight is 362 g/mol. The molecule has 1 spiro atoms. The van der Waals surface area contributed by atoms with E-state index >= 15 is 0 Å². The van der Waals surface area contributed by atoms with E-state index in [9.17, 15) is 25.2 Å². The Kier molecular flexibility index (Phi) is 0.345. The molecule has 10 saturated heterocycles. The van der Waals surface area contributed by atoms with Crippen LogP contribution in [0.3, 0.4) is 0 Å². The van der Waals surface area contributed by atoms with Crippen LogP contribution >= 0.6 is 7.81 Å². The fourth-order valence-corrected chi connectivity index (χ4v) is 89.9. The van der Waals surface area contributed by atoms with Crippen LogP contribution in [0, 0.1) is 0 Å². The molecule has 4 unspecified atom stereocenters. The molecule has 10 rings (SSSR count). The predicted molar refractivity (Wildman–Crippen MR) is 60.3 cm³/mol. The molecule has 10 aliphatic heterocycles. The van der Waals surface area contributed by atoms with Gasteiger partial charge in [-0.15, -0.1) is 0 Å². The second-order valence-electron chi connectivity index (χ2n) is 11.0. The maximum absolute atomic E-state index is 10.7. The summed E-state index contributed by atoms with van der Waals surface area (Å²) < 4.78 is 61.4. The van der Waals surface area contributed by atoms with Crippen molar-refractivity contribution in [1.82, 2.24) is 0 Å². The van der Waals surface area contributed by atoms with Crippen molar-refractivity contribution < 1.29 is 31.5 Å². The molecule has 10 aliphatic rings. The Morgan fingerprint density at radius 3 is 0.900 bits per heavy atom. The summed E-state index contributed by atoms with van der Waals surface area (Å²) in [6.45, 7) is 5.65. The van der Waals surface area contributed by atoms with Gasteiger partial charge in [-0.1, -0.05) is 0 Å². The molecule has 0 N–H and O–H groups in total. The van der Waals surface area contributed by atoms with Crippen LogP contribution in [0.25, 0.3) is 0 Å². The summed E-state index contributed by atoms with van der Waals surface area (Å²) in [5.41, 5.74) is 0. The van der Waals surface area contributed by atoms with Crippen molar-refractivity contribution in [2.45, 2.75) is 61.4 Å². The van der Waals surface area contributed by atoms with Crippen molar-refractivity contribution in [2.24, 2.45) is 0 Å². The Morgan fingerprint density at radius 1 is 0.650 bits per heavy atom. The van der Waals surface area contributed by atoms with E-state index in [-0.39, 0.29) is 0 Å². The minimum absolute atomic E-state index is 1.12. The van der Waals surface area contributed by atoms with E-state index in [0.29, 0.717) is 0 Å². The van der Waals surface area contributed by atoms with E-state index < -0.39 is 14.2 Å². The number of hydrogen-bond acceptors (Lipinski definition) is 0. The second-order valence-corrected chi connectivity index (χ2v) is 35.3. The molecule has 0 nitrogen and oxygen atoms in total. The van der Waals surface area contributed by atoms with E-state index in [1.165, 1.54) is 38.8 Å². The van der Waals surface area contributed by atoms with E-state index in [1.807, 2.05) is 0 Å². The zero-order valence-corrected chi connectivity index (χ0v) is 12.6. The molecule has 8 heteroatoms. The predicted octanol–water partition coefficient (Wildman–Crippen LogP) is 7.54. The molecule has 0 radical (unpaired) electrons. The zero-order chi connectivity index (χ0) is 14.3. The van der Waals surface area contributed by atoms with Gasteiger partial charge in [-0.3, -0.25) is 0 Å². The van der Waals surface area contributed by atoms with Gasteiger partial charge in [-0.2, -0.15) is 0 Å². The van der Waals surface area contributed by atoms with Crippen LogP contribution in [0.2, 0.25) is 47.5 Å². The molecule has 119 valence electrons.